The monoisotopic (exact) mass is 243 g/mol. The Labute approximate surface area is 111 Å². The maximum absolute atomic E-state index is 3.51. The summed E-state index contributed by atoms with van der Waals surface area (Å²) in [6.07, 6.45) is 6.73. The molecule has 0 spiro atoms. The summed E-state index contributed by atoms with van der Waals surface area (Å²) in [4.78, 5) is 0. The minimum atomic E-state index is 0.802. The van der Waals surface area contributed by atoms with Crippen molar-refractivity contribution in [1.29, 1.82) is 0 Å². The fraction of sp³-hybridized carbons (Fsp3) is 0.647. The molecule has 1 heterocycles. The number of rotatable bonds is 1. The normalized spacial score (nSPS) is 31.6. The van der Waals surface area contributed by atoms with Gasteiger partial charge in [-0.3, -0.25) is 0 Å². The van der Waals surface area contributed by atoms with Crippen molar-refractivity contribution in [1.82, 2.24) is 0 Å². The molecule has 0 radical (unpaired) electrons. The van der Waals surface area contributed by atoms with Gasteiger partial charge in [0, 0.05) is 12.2 Å². The Morgan fingerprint density at radius 1 is 1.06 bits per heavy atom. The molecule has 1 nitrogen and oxygen atoms in total. The Bertz CT molecular complexity index is 414. The predicted molar refractivity (Wildman–Crippen MR) is 78.2 cm³/mol. The third kappa shape index (κ3) is 2.41. The summed E-state index contributed by atoms with van der Waals surface area (Å²) in [5, 5.41) is 3.51. The molecule has 2 aliphatic rings. The minimum absolute atomic E-state index is 0.802. The van der Waals surface area contributed by atoms with Gasteiger partial charge in [0.15, 0.2) is 0 Å². The van der Waals surface area contributed by atoms with Gasteiger partial charge in [0.05, 0.1) is 0 Å². The molecule has 0 bridgehead atoms. The lowest BCUT2D eigenvalue weighted by Crippen LogP contribution is -2.19. The van der Waals surface area contributed by atoms with Crippen LogP contribution in [0, 0.1) is 11.8 Å². The van der Waals surface area contributed by atoms with Crippen molar-refractivity contribution in [2.75, 3.05) is 11.9 Å². The molecule has 1 fully saturated rings. The fourth-order valence-electron chi connectivity index (χ4n) is 3.97. The smallest absolute Gasteiger partial charge is 0.0372 e. The van der Waals surface area contributed by atoms with Crippen LogP contribution in [0.1, 0.15) is 56.6 Å². The van der Waals surface area contributed by atoms with E-state index in [0.717, 1.165) is 24.3 Å². The number of fused-ring (bicyclic) bond motifs is 1. The molecule has 1 aromatic carbocycles. The van der Waals surface area contributed by atoms with Gasteiger partial charge in [-0.15, -0.1) is 0 Å². The van der Waals surface area contributed by atoms with E-state index < -0.39 is 0 Å². The summed E-state index contributed by atoms with van der Waals surface area (Å²) in [6, 6.07) is 7.16. The van der Waals surface area contributed by atoms with Crippen molar-refractivity contribution < 1.29 is 0 Å². The second-order valence-electron chi connectivity index (χ2n) is 6.56. The highest BCUT2D eigenvalue weighted by atomic mass is 14.9. The van der Waals surface area contributed by atoms with Crippen molar-refractivity contribution in [2.24, 2.45) is 11.8 Å². The summed E-state index contributed by atoms with van der Waals surface area (Å²) in [5.74, 6) is 2.59. The molecule has 2 unspecified atom stereocenters. The van der Waals surface area contributed by atoms with Crippen LogP contribution in [0.3, 0.4) is 0 Å². The van der Waals surface area contributed by atoms with Gasteiger partial charge in [-0.2, -0.15) is 0 Å². The molecular formula is C17H25N. The first-order valence-corrected chi connectivity index (χ1v) is 7.59. The van der Waals surface area contributed by atoms with Gasteiger partial charge in [0.1, 0.15) is 0 Å². The fourth-order valence-corrected chi connectivity index (χ4v) is 3.97. The zero-order valence-electron chi connectivity index (χ0n) is 11.7. The molecule has 1 aliphatic heterocycles. The van der Waals surface area contributed by atoms with Crippen LogP contribution in [0.15, 0.2) is 18.2 Å². The third-order valence-corrected chi connectivity index (χ3v) is 4.72. The minimum Gasteiger partial charge on any atom is -0.385 e. The number of hydrogen-bond donors (Lipinski definition) is 1. The van der Waals surface area contributed by atoms with Gasteiger partial charge < -0.3 is 5.32 Å². The molecule has 1 aromatic rings. The molecule has 2 atom stereocenters. The van der Waals surface area contributed by atoms with Crippen LogP contribution >= 0.6 is 0 Å². The van der Waals surface area contributed by atoms with Crippen LogP contribution in [0.25, 0.3) is 0 Å². The summed E-state index contributed by atoms with van der Waals surface area (Å²) >= 11 is 0. The standard InChI is InChI=1S/C17H25N/c1-12-8-13(2)10-16(9-12)14-5-6-17-15(11-14)4-3-7-18-17/h5-6,11-13,16,18H,3-4,7-10H2,1-2H3. The highest BCUT2D eigenvalue weighted by molar-refractivity contribution is 5.54. The van der Waals surface area contributed by atoms with E-state index in [1.165, 1.54) is 37.8 Å². The highest BCUT2D eigenvalue weighted by Crippen LogP contribution is 2.40. The first-order valence-electron chi connectivity index (χ1n) is 7.59. The molecule has 3 rings (SSSR count). The SMILES string of the molecule is CC1CC(C)CC(c2ccc3c(c2)CCCN3)C1. The second-order valence-corrected chi connectivity index (χ2v) is 6.56. The number of nitrogens with one attached hydrogen (secondary N) is 1. The van der Waals surface area contributed by atoms with E-state index in [1.807, 2.05) is 0 Å². The van der Waals surface area contributed by atoms with Gasteiger partial charge in [-0.25, -0.2) is 0 Å². The lowest BCUT2D eigenvalue weighted by Gasteiger charge is -2.32. The van der Waals surface area contributed by atoms with Gasteiger partial charge in [-0.1, -0.05) is 26.0 Å². The van der Waals surface area contributed by atoms with E-state index in [0.29, 0.717) is 0 Å². The first-order chi connectivity index (χ1) is 8.72. The van der Waals surface area contributed by atoms with Crippen LogP contribution in [-0.4, -0.2) is 6.54 Å². The molecule has 0 amide bonds. The van der Waals surface area contributed by atoms with Crippen LogP contribution in [-0.2, 0) is 6.42 Å². The summed E-state index contributed by atoms with van der Waals surface area (Å²) in [5.41, 5.74) is 4.52. The maximum atomic E-state index is 3.51. The lowest BCUT2D eigenvalue weighted by atomic mass is 9.73. The van der Waals surface area contributed by atoms with Gasteiger partial charge in [0.25, 0.3) is 0 Å². The zero-order chi connectivity index (χ0) is 12.5. The molecule has 1 heteroatoms. The molecule has 1 aliphatic carbocycles. The quantitative estimate of drug-likeness (QED) is 0.761. The molecule has 1 saturated carbocycles. The van der Waals surface area contributed by atoms with Crippen molar-refractivity contribution in [2.45, 2.75) is 51.9 Å². The van der Waals surface area contributed by atoms with Crippen molar-refractivity contribution in [3.63, 3.8) is 0 Å². The second kappa shape index (κ2) is 4.95. The van der Waals surface area contributed by atoms with Crippen LogP contribution in [0.2, 0.25) is 0 Å². The lowest BCUT2D eigenvalue weighted by molar-refractivity contribution is 0.268. The molecule has 0 saturated heterocycles. The Morgan fingerprint density at radius 3 is 2.61 bits per heavy atom. The predicted octanol–water partition coefficient (Wildman–Crippen LogP) is 4.58. The van der Waals surface area contributed by atoms with Gasteiger partial charge in [-0.05, 0) is 67.1 Å². The van der Waals surface area contributed by atoms with E-state index in [9.17, 15) is 0 Å². The van der Waals surface area contributed by atoms with E-state index in [2.05, 4.69) is 37.4 Å². The topological polar surface area (TPSA) is 12.0 Å². The Balaban J connectivity index is 1.83. The van der Waals surface area contributed by atoms with Crippen LogP contribution in [0.5, 0.6) is 0 Å². The summed E-state index contributed by atoms with van der Waals surface area (Å²) < 4.78 is 0. The van der Waals surface area contributed by atoms with E-state index in [4.69, 9.17) is 0 Å². The Morgan fingerprint density at radius 2 is 1.83 bits per heavy atom. The van der Waals surface area contributed by atoms with Crippen molar-refractivity contribution in [3.05, 3.63) is 29.3 Å². The van der Waals surface area contributed by atoms with Crippen LogP contribution in [0.4, 0.5) is 5.69 Å². The Hall–Kier alpha value is -0.980. The van der Waals surface area contributed by atoms with E-state index in [1.54, 1.807) is 11.1 Å². The first kappa shape index (κ1) is 12.1. The highest BCUT2D eigenvalue weighted by Gasteiger charge is 2.25. The van der Waals surface area contributed by atoms with Gasteiger partial charge >= 0.3 is 0 Å². The number of anilines is 1. The average Bonchev–Trinajstić information content (AvgIpc) is 2.37. The van der Waals surface area contributed by atoms with Crippen LogP contribution < -0.4 is 5.32 Å². The Kier molecular flexibility index (Phi) is 3.32. The number of benzene rings is 1. The van der Waals surface area contributed by atoms with Gasteiger partial charge in [0.2, 0.25) is 0 Å². The maximum Gasteiger partial charge on any atom is 0.0372 e. The third-order valence-electron chi connectivity index (χ3n) is 4.72. The molecule has 18 heavy (non-hydrogen) atoms. The number of aryl methyl sites for hydroxylation is 1. The molecule has 1 N–H and O–H groups in total. The molecule has 98 valence electrons. The largest absolute Gasteiger partial charge is 0.385 e. The van der Waals surface area contributed by atoms with E-state index >= 15 is 0 Å². The molecular weight excluding hydrogens is 218 g/mol. The summed E-state index contributed by atoms with van der Waals surface area (Å²) in [6.45, 7) is 5.98. The number of hydrogen-bond acceptors (Lipinski definition) is 1. The zero-order valence-corrected chi connectivity index (χ0v) is 11.7. The van der Waals surface area contributed by atoms with Crippen molar-refractivity contribution in [3.8, 4) is 0 Å². The average molecular weight is 243 g/mol. The molecule has 0 aromatic heterocycles. The van der Waals surface area contributed by atoms with Crippen molar-refractivity contribution >= 4 is 5.69 Å². The van der Waals surface area contributed by atoms with E-state index in [-0.39, 0.29) is 0 Å². The summed E-state index contributed by atoms with van der Waals surface area (Å²) in [7, 11) is 0.